The fraction of sp³-hybridized carbons (Fsp3) is 0.727. The number of rotatable bonds is 8. The molecule has 0 bridgehead atoms. The third-order valence-corrected chi connectivity index (χ3v) is 6.58. The minimum absolute atomic E-state index is 0.176. The minimum Gasteiger partial charge on any atom is -0.379 e. The molecule has 2 aliphatic rings. The Morgan fingerprint density at radius 3 is 2.72 bits per heavy atom. The Bertz CT molecular complexity index is 885. The number of nitrogens with one attached hydrogen (secondary N) is 3. The molecule has 10 nitrogen and oxygen atoms in total. The number of ether oxygens (including phenoxy) is 1. The lowest BCUT2D eigenvalue weighted by molar-refractivity contribution is -0.0333. The molecule has 1 aliphatic carbocycles. The van der Waals surface area contributed by atoms with Gasteiger partial charge in [0.25, 0.3) is 0 Å². The van der Waals surface area contributed by atoms with Crippen molar-refractivity contribution in [1.82, 2.24) is 35.3 Å². The molecule has 1 saturated heterocycles. The lowest BCUT2D eigenvalue weighted by Crippen LogP contribution is -2.56. The molecule has 0 atom stereocenters. The molecule has 2 aromatic heterocycles. The van der Waals surface area contributed by atoms with Gasteiger partial charge in [0.2, 0.25) is 0 Å². The van der Waals surface area contributed by atoms with Crippen molar-refractivity contribution in [1.29, 1.82) is 0 Å². The van der Waals surface area contributed by atoms with Crippen molar-refractivity contribution in [3.8, 4) is 0 Å². The van der Waals surface area contributed by atoms with E-state index < -0.39 is 0 Å². The number of morpholine rings is 1. The molecule has 1 saturated carbocycles. The maximum atomic E-state index is 5.61. The summed E-state index contributed by atoms with van der Waals surface area (Å²) in [7, 11) is 1.88. The highest BCUT2D eigenvalue weighted by Crippen LogP contribution is 2.34. The van der Waals surface area contributed by atoms with Gasteiger partial charge in [-0.3, -0.25) is 14.6 Å². The second-order valence-electron chi connectivity index (χ2n) is 8.66. The van der Waals surface area contributed by atoms with E-state index in [2.05, 4.69) is 42.8 Å². The van der Waals surface area contributed by atoms with Crippen LogP contribution in [0.1, 0.15) is 39.0 Å². The average Bonchev–Trinajstić information content (AvgIpc) is 3.23. The highest BCUT2D eigenvalue weighted by Gasteiger charge is 2.38. The standard InChI is InChI=1S/C22H37N9O/c1-3-23-21(25-10-9-24-19-18-15-29-30(2)20(18)28-17-27-19)26-16-22(7-5-4-6-8-22)31-11-13-32-14-12-31/h15,17H,3-14,16H2,1-2H3,(H2,23,25,26)(H,24,27,28). The number of nitrogens with zero attached hydrogens (tertiary/aromatic N) is 6. The highest BCUT2D eigenvalue weighted by molar-refractivity contribution is 5.86. The van der Waals surface area contributed by atoms with Gasteiger partial charge in [-0.05, 0) is 19.8 Å². The number of aliphatic imine (C=N–C) groups is 1. The van der Waals surface area contributed by atoms with Gasteiger partial charge in [0.1, 0.15) is 12.1 Å². The van der Waals surface area contributed by atoms with E-state index in [9.17, 15) is 0 Å². The molecule has 0 amide bonds. The first-order chi connectivity index (χ1) is 15.7. The maximum absolute atomic E-state index is 5.61. The van der Waals surface area contributed by atoms with E-state index in [1.54, 1.807) is 17.2 Å². The van der Waals surface area contributed by atoms with Gasteiger partial charge in [-0.2, -0.15) is 5.10 Å². The molecule has 10 heteroatoms. The van der Waals surface area contributed by atoms with Crippen LogP contribution in [-0.4, -0.2) is 88.6 Å². The Kier molecular flexibility index (Phi) is 7.75. The third kappa shape index (κ3) is 5.29. The van der Waals surface area contributed by atoms with Crippen LogP contribution in [0.3, 0.4) is 0 Å². The van der Waals surface area contributed by atoms with Gasteiger partial charge in [-0.1, -0.05) is 19.3 Å². The van der Waals surface area contributed by atoms with Gasteiger partial charge in [0.15, 0.2) is 11.6 Å². The molecule has 0 radical (unpaired) electrons. The second kappa shape index (κ2) is 10.9. The zero-order valence-corrected chi connectivity index (χ0v) is 19.4. The van der Waals surface area contributed by atoms with Crippen molar-refractivity contribution in [2.24, 2.45) is 12.0 Å². The minimum atomic E-state index is 0.176. The molecule has 3 N–H and O–H groups in total. The van der Waals surface area contributed by atoms with E-state index >= 15 is 0 Å². The Balaban J connectivity index is 1.34. The molecule has 4 rings (SSSR count). The summed E-state index contributed by atoms with van der Waals surface area (Å²) in [6, 6.07) is 0. The van der Waals surface area contributed by atoms with E-state index in [0.717, 1.165) is 75.3 Å². The molecule has 176 valence electrons. The van der Waals surface area contributed by atoms with Crippen LogP contribution in [0.5, 0.6) is 0 Å². The molecule has 2 fully saturated rings. The second-order valence-corrected chi connectivity index (χ2v) is 8.66. The Hall–Kier alpha value is -2.46. The molecule has 0 aromatic carbocycles. The van der Waals surface area contributed by atoms with Gasteiger partial charge < -0.3 is 20.7 Å². The van der Waals surface area contributed by atoms with Crippen molar-refractivity contribution in [2.75, 3.05) is 57.8 Å². The summed E-state index contributed by atoms with van der Waals surface area (Å²) < 4.78 is 7.36. The molecule has 0 unspecified atom stereocenters. The Labute approximate surface area is 190 Å². The number of aryl methyl sites for hydroxylation is 1. The molecule has 2 aromatic rings. The summed E-state index contributed by atoms with van der Waals surface area (Å²) in [4.78, 5) is 16.3. The summed E-state index contributed by atoms with van der Waals surface area (Å²) in [5.41, 5.74) is 1.00. The first kappa shape index (κ1) is 22.7. The van der Waals surface area contributed by atoms with Crippen LogP contribution in [0.15, 0.2) is 17.5 Å². The predicted molar refractivity (Wildman–Crippen MR) is 127 cm³/mol. The number of guanidine groups is 1. The topological polar surface area (TPSA) is 105 Å². The molecule has 1 aliphatic heterocycles. The number of fused-ring (bicyclic) bond motifs is 1. The van der Waals surface area contributed by atoms with Crippen LogP contribution in [-0.2, 0) is 11.8 Å². The van der Waals surface area contributed by atoms with Crippen molar-refractivity contribution in [2.45, 2.75) is 44.6 Å². The molecule has 32 heavy (non-hydrogen) atoms. The van der Waals surface area contributed by atoms with Crippen molar-refractivity contribution < 1.29 is 4.74 Å². The van der Waals surface area contributed by atoms with Gasteiger partial charge >= 0.3 is 0 Å². The summed E-state index contributed by atoms with van der Waals surface area (Å²) >= 11 is 0. The number of anilines is 1. The summed E-state index contributed by atoms with van der Waals surface area (Å²) in [6.45, 7) is 8.95. The SMILES string of the molecule is CCNC(=NCC1(N2CCOCC2)CCCCC1)NCCNc1ncnc2c1cnn2C. The summed E-state index contributed by atoms with van der Waals surface area (Å²) in [6.07, 6.45) is 9.75. The van der Waals surface area contributed by atoms with E-state index in [1.807, 2.05) is 7.05 Å². The predicted octanol–water partition coefficient (Wildman–Crippen LogP) is 1.37. The van der Waals surface area contributed by atoms with Gasteiger partial charge in [-0.15, -0.1) is 0 Å². The lowest BCUT2D eigenvalue weighted by Gasteiger charge is -2.47. The Morgan fingerprint density at radius 2 is 1.94 bits per heavy atom. The third-order valence-electron chi connectivity index (χ3n) is 6.58. The van der Waals surface area contributed by atoms with Crippen molar-refractivity contribution >= 4 is 22.8 Å². The van der Waals surface area contributed by atoms with Crippen molar-refractivity contribution in [3.05, 3.63) is 12.5 Å². The van der Waals surface area contributed by atoms with Gasteiger partial charge in [0.05, 0.1) is 31.3 Å². The fourth-order valence-electron chi connectivity index (χ4n) is 4.85. The zero-order chi connectivity index (χ0) is 22.2. The van der Waals surface area contributed by atoms with Gasteiger partial charge in [-0.25, -0.2) is 9.97 Å². The van der Waals surface area contributed by atoms with Crippen LogP contribution in [0, 0.1) is 0 Å². The van der Waals surface area contributed by atoms with Crippen LogP contribution in [0.4, 0.5) is 5.82 Å². The molecule has 0 spiro atoms. The van der Waals surface area contributed by atoms with E-state index in [4.69, 9.17) is 9.73 Å². The Morgan fingerprint density at radius 1 is 1.12 bits per heavy atom. The molecule has 3 heterocycles. The zero-order valence-electron chi connectivity index (χ0n) is 19.4. The quantitative estimate of drug-likeness (QED) is 0.319. The first-order valence-electron chi connectivity index (χ1n) is 11.9. The van der Waals surface area contributed by atoms with E-state index in [0.29, 0.717) is 0 Å². The van der Waals surface area contributed by atoms with Crippen molar-refractivity contribution in [3.63, 3.8) is 0 Å². The smallest absolute Gasteiger partial charge is 0.191 e. The van der Waals surface area contributed by atoms with Gasteiger partial charge in [0, 0.05) is 45.3 Å². The number of hydrogen-bond donors (Lipinski definition) is 3. The maximum Gasteiger partial charge on any atom is 0.191 e. The van der Waals surface area contributed by atoms with Crippen LogP contribution in [0.25, 0.3) is 11.0 Å². The largest absolute Gasteiger partial charge is 0.379 e. The van der Waals surface area contributed by atoms with Crippen LogP contribution in [0.2, 0.25) is 0 Å². The first-order valence-corrected chi connectivity index (χ1v) is 11.9. The molecular formula is C22H37N9O. The monoisotopic (exact) mass is 443 g/mol. The number of aromatic nitrogens is 4. The fourth-order valence-corrected chi connectivity index (χ4v) is 4.85. The van der Waals surface area contributed by atoms with E-state index in [1.165, 1.54) is 32.1 Å². The summed E-state index contributed by atoms with van der Waals surface area (Å²) in [5, 5.41) is 15.5. The lowest BCUT2D eigenvalue weighted by atomic mass is 9.80. The van der Waals surface area contributed by atoms with Crippen LogP contribution >= 0.6 is 0 Å². The number of hydrogen-bond acceptors (Lipinski definition) is 7. The normalized spacial score (nSPS) is 19.8. The van der Waals surface area contributed by atoms with E-state index in [-0.39, 0.29) is 5.54 Å². The molecular weight excluding hydrogens is 406 g/mol. The summed E-state index contributed by atoms with van der Waals surface area (Å²) in [5.74, 6) is 1.68. The van der Waals surface area contributed by atoms with Crippen LogP contribution < -0.4 is 16.0 Å². The average molecular weight is 444 g/mol. The highest BCUT2D eigenvalue weighted by atomic mass is 16.5.